The first kappa shape index (κ1) is 17.4. The standard InChI is InChI=1S/C19H29NOS/c1-16-9-11-17(12-10-16)15-22-14-13-19(21)20-18-7-5-3-2-4-6-8-18/h9-12,18H,2-8,13-15H2,1H3,(H,20,21). The van der Waals surface area contributed by atoms with Gasteiger partial charge in [0, 0.05) is 24.0 Å². The predicted octanol–water partition coefficient (Wildman–Crippen LogP) is 4.85. The van der Waals surface area contributed by atoms with Crippen LogP contribution in [-0.2, 0) is 10.5 Å². The first-order valence-corrected chi connectivity index (χ1v) is 9.82. The Morgan fingerprint density at radius 3 is 2.41 bits per heavy atom. The molecule has 2 nitrogen and oxygen atoms in total. The van der Waals surface area contributed by atoms with Gasteiger partial charge < -0.3 is 5.32 Å². The largest absolute Gasteiger partial charge is 0.353 e. The number of thioether (sulfide) groups is 1. The molecule has 0 radical (unpaired) electrons. The second-order valence-electron chi connectivity index (χ2n) is 6.40. The van der Waals surface area contributed by atoms with Crippen LogP contribution in [0.5, 0.6) is 0 Å². The minimum absolute atomic E-state index is 0.238. The molecule has 1 fully saturated rings. The van der Waals surface area contributed by atoms with E-state index >= 15 is 0 Å². The van der Waals surface area contributed by atoms with Gasteiger partial charge in [0.05, 0.1) is 0 Å². The normalized spacial score (nSPS) is 16.8. The highest BCUT2D eigenvalue weighted by molar-refractivity contribution is 7.98. The fraction of sp³-hybridized carbons (Fsp3) is 0.632. The first-order chi connectivity index (χ1) is 10.7. The molecule has 1 aliphatic rings. The summed E-state index contributed by atoms with van der Waals surface area (Å²) in [5.41, 5.74) is 2.64. The second-order valence-corrected chi connectivity index (χ2v) is 7.50. The van der Waals surface area contributed by atoms with Crippen molar-refractivity contribution in [3.8, 4) is 0 Å². The van der Waals surface area contributed by atoms with Gasteiger partial charge in [-0.25, -0.2) is 0 Å². The van der Waals surface area contributed by atoms with Crippen LogP contribution in [0.3, 0.4) is 0 Å². The minimum atomic E-state index is 0.238. The molecule has 2 rings (SSSR count). The predicted molar refractivity (Wildman–Crippen MR) is 96.2 cm³/mol. The summed E-state index contributed by atoms with van der Waals surface area (Å²) in [6.45, 7) is 2.11. The van der Waals surface area contributed by atoms with Gasteiger partial charge in [0.1, 0.15) is 0 Å². The van der Waals surface area contributed by atoms with Gasteiger partial charge in [0.15, 0.2) is 0 Å². The van der Waals surface area contributed by atoms with Gasteiger partial charge in [-0.3, -0.25) is 4.79 Å². The molecule has 1 aliphatic carbocycles. The molecule has 1 saturated carbocycles. The highest BCUT2D eigenvalue weighted by atomic mass is 32.2. The van der Waals surface area contributed by atoms with E-state index in [1.165, 1.54) is 56.1 Å². The number of aryl methyl sites for hydroxylation is 1. The van der Waals surface area contributed by atoms with Crippen LogP contribution in [0, 0.1) is 6.92 Å². The number of rotatable bonds is 6. The Bertz CT molecular complexity index is 435. The molecule has 0 unspecified atom stereocenters. The lowest BCUT2D eigenvalue weighted by atomic mass is 9.97. The van der Waals surface area contributed by atoms with Crippen LogP contribution in [0.2, 0.25) is 0 Å². The number of nitrogens with one attached hydrogen (secondary N) is 1. The highest BCUT2D eigenvalue weighted by Crippen LogP contribution is 2.18. The Morgan fingerprint density at radius 2 is 1.73 bits per heavy atom. The van der Waals surface area contributed by atoms with Crippen molar-refractivity contribution in [3.63, 3.8) is 0 Å². The lowest BCUT2D eigenvalue weighted by Crippen LogP contribution is -2.35. The number of carbonyl (C=O) groups is 1. The van der Waals surface area contributed by atoms with Crippen LogP contribution in [0.15, 0.2) is 24.3 Å². The van der Waals surface area contributed by atoms with E-state index < -0.39 is 0 Å². The fourth-order valence-corrected chi connectivity index (χ4v) is 3.84. The molecule has 1 N–H and O–H groups in total. The maximum Gasteiger partial charge on any atom is 0.221 e. The van der Waals surface area contributed by atoms with Crippen molar-refractivity contribution >= 4 is 17.7 Å². The molecule has 122 valence electrons. The third kappa shape index (κ3) is 6.87. The summed E-state index contributed by atoms with van der Waals surface area (Å²) in [4.78, 5) is 12.0. The Kier molecular flexibility index (Phi) is 7.86. The SMILES string of the molecule is Cc1ccc(CSCCC(=O)NC2CCCCCCC2)cc1. The molecule has 1 aromatic rings. The van der Waals surface area contributed by atoms with E-state index in [0.717, 1.165) is 11.5 Å². The molecule has 22 heavy (non-hydrogen) atoms. The van der Waals surface area contributed by atoms with Crippen LogP contribution in [0.4, 0.5) is 0 Å². The molecule has 0 spiro atoms. The molecule has 0 aromatic heterocycles. The van der Waals surface area contributed by atoms with Crippen molar-refractivity contribution < 1.29 is 4.79 Å². The maximum atomic E-state index is 12.0. The summed E-state index contributed by atoms with van der Waals surface area (Å²) in [5.74, 6) is 2.14. The topological polar surface area (TPSA) is 29.1 Å². The molecule has 0 heterocycles. The fourth-order valence-electron chi connectivity index (χ4n) is 2.94. The summed E-state index contributed by atoms with van der Waals surface area (Å²) < 4.78 is 0. The van der Waals surface area contributed by atoms with Gasteiger partial charge in [-0.15, -0.1) is 0 Å². The lowest BCUT2D eigenvalue weighted by molar-refractivity contribution is -0.121. The van der Waals surface area contributed by atoms with Crippen molar-refractivity contribution in [3.05, 3.63) is 35.4 Å². The van der Waals surface area contributed by atoms with E-state index in [9.17, 15) is 4.79 Å². The van der Waals surface area contributed by atoms with Crippen molar-refractivity contribution in [1.29, 1.82) is 0 Å². The Labute approximate surface area is 139 Å². The first-order valence-electron chi connectivity index (χ1n) is 8.67. The zero-order valence-corrected chi connectivity index (χ0v) is 14.6. The zero-order chi connectivity index (χ0) is 15.6. The monoisotopic (exact) mass is 319 g/mol. The van der Waals surface area contributed by atoms with Gasteiger partial charge >= 0.3 is 0 Å². The molecule has 1 amide bonds. The molecular weight excluding hydrogens is 290 g/mol. The molecule has 0 aliphatic heterocycles. The van der Waals surface area contributed by atoms with Crippen LogP contribution < -0.4 is 5.32 Å². The van der Waals surface area contributed by atoms with Crippen molar-refractivity contribution in [2.24, 2.45) is 0 Å². The van der Waals surface area contributed by atoms with E-state index in [1.807, 2.05) is 11.8 Å². The minimum Gasteiger partial charge on any atom is -0.353 e. The molecule has 3 heteroatoms. The smallest absolute Gasteiger partial charge is 0.221 e. The van der Waals surface area contributed by atoms with E-state index in [0.29, 0.717) is 12.5 Å². The third-order valence-electron chi connectivity index (χ3n) is 4.33. The van der Waals surface area contributed by atoms with Crippen LogP contribution in [0.25, 0.3) is 0 Å². The average Bonchev–Trinajstić information content (AvgIpc) is 2.48. The molecule has 0 atom stereocenters. The van der Waals surface area contributed by atoms with Gasteiger partial charge in [0.25, 0.3) is 0 Å². The summed E-state index contributed by atoms with van der Waals surface area (Å²) >= 11 is 1.85. The van der Waals surface area contributed by atoms with Gasteiger partial charge in [0.2, 0.25) is 5.91 Å². The quantitative estimate of drug-likeness (QED) is 0.760. The highest BCUT2D eigenvalue weighted by Gasteiger charge is 2.13. The zero-order valence-electron chi connectivity index (χ0n) is 13.8. The van der Waals surface area contributed by atoms with Crippen molar-refractivity contribution in [1.82, 2.24) is 5.32 Å². The second kappa shape index (κ2) is 9.94. The number of hydrogen-bond acceptors (Lipinski definition) is 2. The average molecular weight is 320 g/mol. The van der Waals surface area contributed by atoms with Gasteiger partial charge in [-0.2, -0.15) is 11.8 Å². The number of amides is 1. The third-order valence-corrected chi connectivity index (χ3v) is 5.36. The Morgan fingerprint density at radius 1 is 1.09 bits per heavy atom. The van der Waals surface area contributed by atoms with E-state index in [1.54, 1.807) is 0 Å². The molecule has 0 saturated heterocycles. The molecular formula is C19H29NOS. The summed E-state index contributed by atoms with van der Waals surface area (Å²) in [6.07, 6.45) is 9.56. The van der Waals surface area contributed by atoms with E-state index in [4.69, 9.17) is 0 Å². The summed E-state index contributed by atoms with van der Waals surface area (Å²) in [6, 6.07) is 9.08. The lowest BCUT2D eigenvalue weighted by Gasteiger charge is -2.21. The molecule has 1 aromatic carbocycles. The van der Waals surface area contributed by atoms with Crippen molar-refractivity contribution in [2.45, 2.75) is 70.1 Å². The summed E-state index contributed by atoms with van der Waals surface area (Å²) in [5, 5.41) is 3.24. The summed E-state index contributed by atoms with van der Waals surface area (Å²) in [7, 11) is 0. The van der Waals surface area contributed by atoms with Crippen LogP contribution in [-0.4, -0.2) is 17.7 Å². The number of hydrogen-bond donors (Lipinski definition) is 1. The van der Waals surface area contributed by atoms with Gasteiger partial charge in [-0.1, -0.05) is 61.9 Å². The van der Waals surface area contributed by atoms with Crippen molar-refractivity contribution in [2.75, 3.05) is 5.75 Å². The van der Waals surface area contributed by atoms with Crippen LogP contribution >= 0.6 is 11.8 Å². The van der Waals surface area contributed by atoms with E-state index in [-0.39, 0.29) is 5.91 Å². The molecule has 0 bridgehead atoms. The Hall–Kier alpha value is -0.960. The van der Waals surface area contributed by atoms with E-state index in [2.05, 4.69) is 36.5 Å². The Balaban J connectivity index is 1.59. The maximum absolute atomic E-state index is 12.0. The van der Waals surface area contributed by atoms with Crippen LogP contribution in [0.1, 0.15) is 62.5 Å². The number of benzene rings is 1. The number of carbonyl (C=O) groups excluding carboxylic acids is 1. The van der Waals surface area contributed by atoms with Gasteiger partial charge in [-0.05, 0) is 25.3 Å².